The van der Waals surface area contributed by atoms with Gasteiger partial charge in [-0.1, -0.05) is 55.5 Å². The lowest BCUT2D eigenvalue weighted by Gasteiger charge is -2.36. The van der Waals surface area contributed by atoms with Gasteiger partial charge in [0.15, 0.2) is 0 Å². The summed E-state index contributed by atoms with van der Waals surface area (Å²) in [6.45, 7) is 7.73. The molecule has 2 aromatic rings. The van der Waals surface area contributed by atoms with Crippen molar-refractivity contribution in [2.24, 2.45) is 4.99 Å². The molecule has 0 radical (unpaired) electrons. The number of hydrogen-bond acceptors (Lipinski definition) is 4. The van der Waals surface area contributed by atoms with Crippen LogP contribution in [0.5, 0.6) is 0 Å². The van der Waals surface area contributed by atoms with E-state index in [1.807, 2.05) is 6.92 Å². The van der Waals surface area contributed by atoms with E-state index in [2.05, 4.69) is 58.3 Å². The largest absolute Gasteiger partial charge is 0.378 e. The number of aliphatic hydroxyl groups is 1. The summed E-state index contributed by atoms with van der Waals surface area (Å²) in [6.07, 6.45) is 2.66. The van der Waals surface area contributed by atoms with E-state index >= 15 is 0 Å². The number of rotatable bonds is 5. The predicted molar refractivity (Wildman–Crippen MR) is 115 cm³/mol. The Morgan fingerprint density at radius 2 is 1.46 bits per heavy atom. The minimum atomic E-state index is -0.290. The van der Waals surface area contributed by atoms with Gasteiger partial charge in [0.2, 0.25) is 0 Å². The van der Waals surface area contributed by atoms with Crippen molar-refractivity contribution < 1.29 is 5.11 Å². The van der Waals surface area contributed by atoms with Crippen molar-refractivity contribution in [1.29, 1.82) is 0 Å². The molecule has 148 valence electrons. The Morgan fingerprint density at radius 1 is 0.893 bits per heavy atom. The van der Waals surface area contributed by atoms with E-state index in [4.69, 9.17) is 4.99 Å². The Balaban J connectivity index is 1.47. The number of benzene rings is 2. The van der Waals surface area contributed by atoms with Crippen molar-refractivity contribution in [1.82, 2.24) is 9.80 Å². The molecule has 4 nitrogen and oxygen atoms in total. The maximum atomic E-state index is 10.0. The van der Waals surface area contributed by atoms with Gasteiger partial charge in [-0.25, -0.2) is 0 Å². The first kappa shape index (κ1) is 19.3. The van der Waals surface area contributed by atoms with Crippen molar-refractivity contribution >= 4 is 5.71 Å². The second kappa shape index (κ2) is 8.99. The molecular weight excluding hydrogens is 346 g/mol. The molecule has 1 heterocycles. The maximum absolute atomic E-state index is 10.0. The average molecular weight is 378 g/mol. The normalized spacial score (nSPS) is 18.9. The minimum absolute atomic E-state index is 0.290. The van der Waals surface area contributed by atoms with E-state index in [1.54, 1.807) is 0 Å². The molecule has 28 heavy (non-hydrogen) atoms. The molecule has 1 saturated heterocycles. The molecule has 1 fully saturated rings. The fourth-order valence-corrected chi connectivity index (χ4v) is 4.37. The highest BCUT2D eigenvalue weighted by molar-refractivity contribution is 6.15. The topological polar surface area (TPSA) is 39.1 Å². The number of fused-ring (bicyclic) bond motifs is 2. The summed E-state index contributed by atoms with van der Waals surface area (Å²) in [7, 11) is 0. The van der Waals surface area contributed by atoms with Crippen LogP contribution in [0.15, 0.2) is 53.5 Å². The third kappa shape index (κ3) is 4.19. The first-order valence-corrected chi connectivity index (χ1v) is 10.6. The molecule has 4 rings (SSSR count). The van der Waals surface area contributed by atoms with Gasteiger partial charge in [-0.15, -0.1) is 0 Å². The van der Waals surface area contributed by atoms with Crippen LogP contribution in [-0.2, 0) is 12.8 Å². The van der Waals surface area contributed by atoms with Crippen molar-refractivity contribution in [3.05, 3.63) is 70.8 Å². The van der Waals surface area contributed by atoms with E-state index in [0.29, 0.717) is 0 Å². The number of aliphatic hydroxyl groups excluding tert-OH is 1. The van der Waals surface area contributed by atoms with Crippen LogP contribution in [0.2, 0.25) is 0 Å². The highest BCUT2D eigenvalue weighted by atomic mass is 16.3. The van der Waals surface area contributed by atoms with E-state index in [1.165, 1.54) is 22.3 Å². The van der Waals surface area contributed by atoms with Crippen LogP contribution < -0.4 is 0 Å². The molecule has 0 aromatic heterocycles. The molecular formula is C24H31N3O. The summed E-state index contributed by atoms with van der Waals surface area (Å²) >= 11 is 0. The van der Waals surface area contributed by atoms with Gasteiger partial charge in [0.25, 0.3) is 0 Å². The van der Waals surface area contributed by atoms with Gasteiger partial charge in [-0.2, -0.15) is 0 Å². The molecule has 0 amide bonds. The van der Waals surface area contributed by atoms with Gasteiger partial charge < -0.3 is 5.11 Å². The quantitative estimate of drug-likeness (QED) is 0.871. The zero-order chi connectivity index (χ0) is 19.3. The van der Waals surface area contributed by atoms with Crippen LogP contribution in [0, 0.1) is 0 Å². The fraction of sp³-hybridized carbons (Fsp3) is 0.458. The SMILES string of the molecule is CCC(O)N1CCN(CCN=C2c3ccccc3CCc3ccccc32)CC1. The lowest BCUT2D eigenvalue weighted by Crippen LogP contribution is -2.50. The van der Waals surface area contributed by atoms with Crippen LogP contribution in [0.1, 0.15) is 35.6 Å². The lowest BCUT2D eigenvalue weighted by molar-refractivity contribution is -0.0262. The molecule has 1 N–H and O–H groups in total. The second-order valence-electron chi connectivity index (χ2n) is 7.81. The highest BCUT2D eigenvalue weighted by Crippen LogP contribution is 2.25. The van der Waals surface area contributed by atoms with Crippen molar-refractivity contribution in [3.63, 3.8) is 0 Å². The fourth-order valence-electron chi connectivity index (χ4n) is 4.37. The minimum Gasteiger partial charge on any atom is -0.378 e. The van der Waals surface area contributed by atoms with E-state index in [-0.39, 0.29) is 6.23 Å². The van der Waals surface area contributed by atoms with Gasteiger partial charge in [-0.05, 0) is 30.4 Å². The first-order valence-electron chi connectivity index (χ1n) is 10.6. The summed E-state index contributed by atoms with van der Waals surface area (Å²) in [5.74, 6) is 0. The number of hydrogen-bond donors (Lipinski definition) is 1. The van der Waals surface area contributed by atoms with Crippen molar-refractivity contribution in [2.45, 2.75) is 32.4 Å². The zero-order valence-corrected chi connectivity index (χ0v) is 16.8. The molecule has 0 saturated carbocycles. The summed E-state index contributed by atoms with van der Waals surface area (Å²) < 4.78 is 0. The number of aliphatic imine (C=N–C) groups is 1. The van der Waals surface area contributed by atoms with Crippen LogP contribution in [0.3, 0.4) is 0 Å². The Bertz CT molecular complexity index is 775. The molecule has 1 aliphatic carbocycles. The molecule has 4 heteroatoms. The Labute approximate surface area is 168 Å². The number of piperazine rings is 1. The Morgan fingerprint density at radius 3 is 2.04 bits per heavy atom. The third-order valence-corrected chi connectivity index (χ3v) is 6.09. The molecule has 1 atom stereocenters. The predicted octanol–water partition coefficient (Wildman–Crippen LogP) is 2.97. The first-order chi connectivity index (χ1) is 13.8. The number of nitrogens with zero attached hydrogens (tertiary/aromatic N) is 3. The van der Waals surface area contributed by atoms with Gasteiger partial charge >= 0.3 is 0 Å². The van der Waals surface area contributed by atoms with Gasteiger partial charge in [0, 0.05) is 43.9 Å². The molecule has 0 spiro atoms. The van der Waals surface area contributed by atoms with Crippen LogP contribution >= 0.6 is 0 Å². The van der Waals surface area contributed by atoms with Gasteiger partial charge in [-0.3, -0.25) is 14.8 Å². The van der Waals surface area contributed by atoms with Crippen molar-refractivity contribution in [3.8, 4) is 0 Å². The highest BCUT2D eigenvalue weighted by Gasteiger charge is 2.21. The van der Waals surface area contributed by atoms with E-state index < -0.39 is 0 Å². The molecule has 1 unspecified atom stereocenters. The summed E-state index contributed by atoms with van der Waals surface area (Å²) in [4.78, 5) is 9.75. The monoisotopic (exact) mass is 377 g/mol. The smallest absolute Gasteiger partial charge is 0.107 e. The number of aryl methyl sites for hydroxylation is 2. The summed E-state index contributed by atoms with van der Waals surface area (Å²) in [5.41, 5.74) is 6.55. The van der Waals surface area contributed by atoms with Gasteiger partial charge in [0.05, 0.1) is 12.3 Å². The van der Waals surface area contributed by atoms with Crippen molar-refractivity contribution in [2.75, 3.05) is 39.3 Å². The van der Waals surface area contributed by atoms with E-state index in [0.717, 1.165) is 64.2 Å². The average Bonchev–Trinajstić information content (AvgIpc) is 2.91. The zero-order valence-electron chi connectivity index (χ0n) is 16.8. The van der Waals surface area contributed by atoms with Crippen LogP contribution in [0.25, 0.3) is 0 Å². The lowest BCUT2D eigenvalue weighted by atomic mass is 9.98. The second-order valence-corrected chi connectivity index (χ2v) is 7.81. The molecule has 2 aliphatic rings. The molecule has 1 aliphatic heterocycles. The summed E-state index contributed by atoms with van der Waals surface area (Å²) in [6, 6.07) is 17.5. The maximum Gasteiger partial charge on any atom is 0.107 e. The Hall–Kier alpha value is -2.01. The van der Waals surface area contributed by atoms with E-state index in [9.17, 15) is 5.11 Å². The third-order valence-electron chi connectivity index (χ3n) is 6.09. The molecule has 0 bridgehead atoms. The van der Waals surface area contributed by atoms with Gasteiger partial charge in [0.1, 0.15) is 6.23 Å². The summed E-state index contributed by atoms with van der Waals surface area (Å²) in [5, 5.41) is 10.0. The van der Waals surface area contributed by atoms with Crippen LogP contribution in [0.4, 0.5) is 0 Å². The van der Waals surface area contributed by atoms with Crippen LogP contribution in [-0.4, -0.2) is 66.1 Å². The molecule has 2 aromatic carbocycles. The Kier molecular flexibility index (Phi) is 6.20. The standard InChI is InChI=1S/C24H31N3O/c1-2-23(28)27-17-15-26(16-18-27)14-13-25-24-21-9-5-3-7-19(21)11-12-20-8-4-6-10-22(20)24/h3-10,23,28H,2,11-18H2,1H3.